The van der Waals surface area contributed by atoms with Gasteiger partial charge >= 0.3 is 0 Å². The van der Waals surface area contributed by atoms with Gasteiger partial charge in [-0.2, -0.15) is 0 Å². The van der Waals surface area contributed by atoms with Crippen molar-refractivity contribution in [1.29, 1.82) is 0 Å². The van der Waals surface area contributed by atoms with Crippen molar-refractivity contribution in [2.24, 2.45) is 5.73 Å². The molecule has 3 heteroatoms. The zero-order valence-electron chi connectivity index (χ0n) is 14.5. The van der Waals surface area contributed by atoms with E-state index in [0.29, 0.717) is 19.1 Å². The Balaban J connectivity index is 1.90. The maximum atomic E-state index is 6.15. The first kappa shape index (κ1) is 17.4. The van der Waals surface area contributed by atoms with Gasteiger partial charge in [-0.05, 0) is 42.5 Å². The highest BCUT2D eigenvalue weighted by atomic mass is 16.5. The zero-order chi connectivity index (χ0) is 16.8. The van der Waals surface area contributed by atoms with Crippen LogP contribution >= 0.6 is 0 Å². The maximum absolute atomic E-state index is 6.15. The van der Waals surface area contributed by atoms with Gasteiger partial charge in [0, 0.05) is 0 Å². The molecular weight excluding hydrogens is 286 g/mol. The van der Waals surface area contributed by atoms with Crippen molar-refractivity contribution < 1.29 is 9.47 Å². The fraction of sp³-hybridized carbons (Fsp3) is 0.400. The van der Waals surface area contributed by atoms with Crippen LogP contribution in [0.2, 0.25) is 0 Å². The first-order valence-electron chi connectivity index (χ1n) is 8.15. The summed E-state index contributed by atoms with van der Waals surface area (Å²) in [5.41, 5.74) is 9.61. The third-order valence-corrected chi connectivity index (χ3v) is 3.84. The van der Waals surface area contributed by atoms with Crippen LogP contribution in [0.5, 0.6) is 11.5 Å². The van der Waals surface area contributed by atoms with Gasteiger partial charge in [-0.25, -0.2) is 0 Å². The van der Waals surface area contributed by atoms with Crippen molar-refractivity contribution in [3.63, 3.8) is 0 Å². The minimum absolute atomic E-state index is 0.172. The highest BCUT2D eigenvalue weighted by molar-refractivity contribution is 5.39. The molecule has 0 heterocycles. The molecule has 2 aromatic carbocycles. The Morgan fingerprint density at radius 1 is 0.870 bits per heavy atom. The van der Waals surface area contributed by atoms with Crippen molar-refractivity contribution in [3.05, 3.63) is 59.2 Å². The highest BCUT2D eigenvalue weighted by Crippen LogP contribution is 2.26. The predicted octanol–water partition coefficient (Wildman–Crippen LogP) is 4.21. The van der Waals surface area contributed by atoms with E-state index in [4.69, 9.17) is 15.2 Å². The lowest BCUT2D eigenvalue weighted by Gasteiger charge is -2.18. The minimum Gasteiger partial charge on any atom is -0.492 e. The molecule has 0 amide bonds. The third-order valence-electron chi connectivity index (χ3n) is 3.84. The Labute approximate surface area is 139 Å². The van der Waals surface area contributed by atoms with E-state index in [2.05, 4.69) is 19.9 Å². The molecule has 0 saturated carbocycles. The van der Waals surface area contributed by atoms with Crippen LogP contribution in [0, 0.1) is 13.8 Å². The summed E-state index contributed by atoms with van der Waals surface area (Å²) in [6, 6.07) is 14.1. The molecule has 0 aromatic heterocycles. The molecular formula is C20H27NO2. The largest absolute Gasteiger partial charge is 0.492 e. The first-order chi connectivity index (χ1) is 11.0. The van der Waals surface area contributed by atoms with E-state index >= 15 is 0 Å². The average Bonchev–Trinajstić information content (AvgIpc) is 2.52. The molecule has 2 N–H and O–H groups in total. The fourth-order valence-corrected chi connectivity index (χ4v) is 2.55. The summed E-state index contributed by atoms with van der Waals surface area (Å²) in [5, 5.41) is 0. The van der Waals surface area contributed by atoms with E-state index in [1.807, 2.05) is 50.2 Å². The molecule has 3 nitrogen and oxygen atoms in total. The number of para-hydroxylation sites is 2. The quantitative estimate of drug-likeness (QED) is 0.832. The van der Waals surface area contributed by atoms with Gasteiger partial charge in [0.25, 0.3) is 0 Å². The van der Waals surface area contributed by atoms with Gasteiger partial charge in [0.2, 0.25) is 0 Å². The predicted molar refractivity (Wildman–Crippen MR) is 95.4 cm³/mol. The number of aryl methyl sites for hydroxylation is 2. The molecule has 0 aliphatic rings. The molecule has 124 valence electrons. The Bertz CT molecular complexity index is 617. The van der Waals surface area contributed by atoms with Crippen molar-refractivity contribution in [2.75, 3.05) is 13.2 Å². The fourth-order valence-electron chi connectivity index (χ4n) is 2.55. The third kappa shape index (κ3) is 4.73. The van der Waals surface area contributed by atoms with E-state index in [0.717, 1.165) is 22.6 Å². The average molecular weight is 313 g/mol. The van der Waals surface area contributed by atoms with E-state index in [1.54, 1.807) is 0 Å². The van der Waals surface area contributed by atoms with Crippen molar-refractivity contribution in [2.45, 2.75) is 39.7 Å². The number of nitrogens with two attached hydrogens (primary N) is 1. The molecule has 0 spiro atoms. The first-order valence-corrected chi connectivity index (χ1v) is 8.15. The van der Waals surface area contributed by atoms with Crippen molar-refractivity contribution in [3.8, 4) is 11.5 Å². The van der Waals surface area contributed by atoms with E-state index in [1.165, 1.54) is 5.56 Å². The SMILES string of the molecule is Cc1cccc(C)c1OCC(N)COc1ccccc1C(C)C. The molecule has 1 unspecified atom stereocenters. The normalized spacial score (nSPS) is 12.3. The number of hydrogen-bond donors (Lipinski definition) is 1. The molecule has 0 radical (unpaired) electrons. The second kappa shape index (κ2) is 8.02. The van der Waals surface area contributed by atoms with Crippen molar-refractivity contribution in [1.82, 2.24) is 0 Å². The lowest BCUT2D eigenvalue weighted by molar-refractivity contribution is 0.217. The highest BCUT2D eigenvalue weighted by Gasteiger charge is 2.11. The summed E-state index contributed by atoms with van der Waals surface area (Å²) in [4.78, 5) is 0. The van der Waals surface area contributed by atoms with Gasteiger partial charge in [-0.15, -0.1) is 0 Å². The summed E-state index contributed by atoms with van der Waals surface area (Å²) in [7, 11) is 0. The lowest BCUT2D eigenvalue weighted by Crippen LogP contribution is -2.34. The Kier molecular flexibility index (Phi) is 6.05. The Hall–Kier alpha value is -2.00. The molecule has 0 bridgehead atoms. The van der Waals surface area contributed by atoms with Crippen LogP contribution in [-0.2, 0) is 0 Å². The smallest absolute Gasteiger partial charge is 0.125 e. The van der Waals surface area contributed by atoms with Crippen LogP contribution < -0.4 is 15.2 Å². The van der Waals surface area contributed by atoms with Crippen LogP contribution in [-0.4, -0.2) is 19.3 Å². The van der Waals surface area contributed by atoms with Gasteiger partial charge in [-0.3, -0.25) is 0 Å². The van der Waals surface area contributed by atoms with Gasteiger partial charge < -0.3 is 15.2 Å². The summed E-state index contributed by atoms with van der Waals surface area (Å²) in [6.07, 6.45) is 0. The summed E-state index contributed by atoms with van der Waals surface area (Å²) < 4.78 is 11.8. The summed E-state index contributed by atoms with van der Waals surface area (Å²) in [6.45, 7) is 9.29. The summed E-state index contributed by atoms with van der Waals surface area (Å²) in [5.74, 6) is 2.25. The van der Waals surface area contributed by atoms with E-state index < -0.39 is 0 Å². The van der Waals surface area contributed by atoms with Crippen LogP contribution in [0.15, 0.2) is 42.5 Å². The summed E-state index contributed by atoms with van der Waals surface area (Å²) >= 11 is 0. The van der Waals surface area contributed by atoms with Gasteiger partial charge in [0.15, 0.2) is 0 Å². The number of ether oxygens (including phenoxy) is 2. The zero-order valence-corrected chi connectivity index (χ0v) is 14.5. The molecule has 0 aliphatic carbocycles. The van der Waals surface area contributed by atoms with Crippen LogP contribution in [0.3, 0.4) is 0 Å². The van der Waals surface area contributed by atoms with Gasteiger partial charge in [0.1, 0.15) is 24.7 Å². The molecule has 0 aliphatic heterocycles. The lowest BCUT2D eigenvalue weighted by atomic mass is 10.0. The molecule has 0 fully saturated rings. The second-order valence-corrected chi connectivity index (χ2v) is 6.30. The van der Waals surface area contributed by atoms with Crippen LogP contribution in [0.1, 0.15) is 36.5 Å². The van der Waals surface area contributed by atoms with Gasteiger partial charge in [0.05, 0.1) is 6.04 Å². The molecule has 2 aromatic rings. The maximum Gasteiger partial charge on any atom is 0.125 e. The number of benzene rings is 2. The topological polar surface area (TPSA) is 44.5 Å². The Morgan fingerprint density at radius 3 is 2.13 bits per heavy atom. The second-order valence-electron chi connectivity index (χ2n) is 6.30. The molecule has 23 heavy (non-hydrogen) atoms. The number of rotatable bonds is 7. The van der Waals surface area contributed by atoms with Crippen LogP contribution in [0.25, 0.3) is 0 Å². The number of hydrogen-bond acceptors (Lipinski definition) is 3. The minimum atomic E-state index is -0.172. The van der Waals surface area contributed by atoms with Crippen LogP contribution in [0.4, 0.5) is 0 Å². The van der Waals surface area contributed by atoms with E-state index in [9.17, 15) is 0 Å². The standard InChI is InChI=1S/C20H27NO2/c1-14(2)18-10-5-6-11-19(18)22-12-17(21)13-23-20-15(3)8-7-9-16(20)4/h5-11,14,17H,12-13,21H2,1-4H3. The monoisotopic (exact) mass is 313 g/mol. The molecule has 2 rings (SSSR count). The molecule has 0 saturated heterocycles. The molecule has 1 atom stereocenters. The van der Waals surface area contributed by atoms with Crippen molar-refractivity contribution >= 4 is 0 Å². The van der Waals surface area contributed by atoms with E-state index in [-0.39, 0.29) is 6.04 Å². The van der Waals surface area contributed by atoms with Gasteiger partial charge in [-0.1, -0.05) is 50.2 Å². The Morgan fingerprint density at radius 2 is 1.48 bits per heavy atom.